The van der Waals surface area contributed by atoms with Gasteiger partial charge >= 0.3 is 11.9 Å². The number of carbonyl (C=O) groups is 2. The molecule has 0 saturated carbocycles. The molecule has 1 aromatic carbocycles. The second kappa shape index (κ2) is 8.69. The van der Waals surface area contributed by atoms with Crippen molar-refractivity contribution in [2.24, 2.45) is 16.7 Å². The van der Waals surface area contributed by atoms with E-state index in [0.717, 1.165) is 0 Å². The van der Waals surface area contributed by atoms with E-state index in [0.29, 0.717) is 5.56 Å². The third-order valence-corrected chi connectivity index (χ3v) is 6.84. The number of rotatable bonds is 8. The van der Waals surface area contributed by atoms with Crippen LogP contribution in [0.4, 0.5) is 5.69 Å². The highest BCUT2D eigenvalue weighted by Gasteiger charge is 2.67. The molecule has 1 saturated heterocycles. The maximum Gasteiger partial charge on any atom is 0.312 e. The predicted octanol–water partition coefficient (Wildman–Crippen LogP) is 2.89. The maximum atomic E-state index is 12.8. The van der Waals surface area contributed by atoms with Crippen molar-refractivity contribution in [3.63, 3.8) is 0 Å². The van der Waals surface area contributed by atoms with Crippen LogP contribution < -0.4 is 5.32 Å². The van der Waals surface area contributed by atoms with Crippen LogP contribution in [0.1, 0.15) is 45.6 Å². The van der Waals surface area contributed by atoms with Gasteiger partial charge in [0.25, 0.3) is 5.69 Å². The lowest BCUT2D eigenvalue weighted by molar-refractivity contribution is -0.385. The average Bonchev–Trinajstić information content (AvgIpc) is 2.66. The molecule has 1 fully saturated rings. The zero-order valence-corrected chi connectivity index (χ0v) is 17.9. The molecular formula is C21H30N2O7. The summed E-state index contributed by atoms with van der Waals surface area (Å²) in [5.74, 6) is -3.78. The number of non-ortho nitro benzene ring substituents is 1. The Labute approximate surface area is 175 Å². The van der Waals surface area contributed by atoms with E-state index in [2.05, 4.69) is 5.32 Å². The Morgan fingerprint density at radius 3 is 2.33 bits per heavy atom. The Hall–Kier alpha value is -2.52. The van der Waals surface area contributed by atoms with E-state index in [1.54, 1.807) is 33.8 Å². The van der Waals surface area contributed by atoms with Crippen molar-refractivity contribution in [3.05, 3.63) is 39.9 Å². The van der Waals surface area contributed by atoms with Crippen molar-refractivity contribution in [1.29, 1.82) is 0 Å². The summed E-state index contributed by atoms with van der Waals surface area (Å²) in [7, 11) is 1.45. The monoisotopic (exact) mass is 422 g/mol. The SMILES string of the molecule is COCCC1(C(=O)O)C(C)NC(C)C(C(=O)O)(C(C)C)C1c1cccc([N+](=O)[O-])c1. The Morgan fingerprint density at radius 1 is 1.23 bits per heavy atom. The molecule has 3 N–H and O–H groups in total. The lowest BCUT2D eigenvalue weighted by Crippen LogP contribution is -2.71. The minimum absolute atomic E-state index is 0.0504. The highest BCUT2D eigenvalue weighted by molar-refractivity contribution is 5.84. The number of aliphatic carboxylic acids is 2. The first-order valence-corrected chi connectivity index (χ1v) is 9.93. The van der Waals surface area contributed by atoms with E-state index >= 15 is 0 Å². The largest absolute Gasteiger partial charge is 0.481 e. The van der Waals surface area contributed by atoms with Crippen LogP contribution >= 0.6 is 0 Å². The van der Waals surface area contributed by atoms with Crippen molar-refractivity contribution >= 4 is 17.6 Å². The summed E-state index contributed by atoms with van der Waals surface area (Å²) >= 11 is 0. The number of methoxy groups -OCH3 is 1. The third kappa shape index (κ3) is 3.45. The Morgan fingerprint density at radius 2 is 1.87 bits per heavy atom. The number of hydrogen-bond acceptors (Lipinski definition) is 6. The van der Waals surface area contributed by atoms with Gasteiger partial charge in [0.1, 0.15) is 0 Å². The summed E-state index contributed by atoms with van der Waals surface area (Å²) in [4.78, 5) is 36.5. The Bertz CT molecular complexity index is 827. The molecule has 0 radical (unpaired) electrons. The van der Waals surface area contributed by atoms with Crippen molar-refractivity contribution in [2.45, 2.75) is 52.1 Å². The fourth-order valence-electron chi connectivity index (χ4n) is 5.42. The normalized spacial score (nSPS) is 31.5. The molecule has 0 aliphatic carbocycles. The average molecular weight is 422 g/mol. The topological polar surface area (TPSA) is 139 Å². The van der Waals surface area contributed by atoms with Gasteiger partial charge in [-0.1, -0.05) is 26.0 Å². The number of nitro groups is 1. The number of piperidine rings is 1. The number of nitrogens with one attached hydrogen (secondary N) is 1. The maximum absolute atomic E-state index is 12.8. The molecule has 0 spiro atoms. The van der Waals surface area contributed by atoms with Crippen LogP contribution in [0.25, 0.3) is 0 Å². The molecule has 9 nitrogen and oxygen atoms in total. The van der Waals surface area contributed by atoms with Crippen molar-refractivity contribution in [2.75, 3.05) is 13.7 Å². The van der Waals surface area contributed by atoms with Gasteiger partial charge < -0.3 is 20.3 Å². The second-order valence-electron chi connectivity index (χ2n) is 8.38. The predicted molar refractivity (Wildman–Crippen MR) is 109 cm³/mol. The summed E-state index contributed by atoms with van der Waals surface area (Å²) in [6.45, 7) is 7.05. The highest BCUT2D eigenvalue weighted by Crippen LogP contribution is 2.60. The zero-order valence-electron chi connectivity index (χ0n) is 17.9. The standard InChI is InChI=1S/C21H30N2O7/c1-12(2)21(19(26)27)14(4)22-13(3)20(18(24)25,9-10-30-5)17(21)15-7-6-8-16(11-15)23(28)29/h6-8,11-14,17,22H,9-10H2,1-5H3,(H,24,25)(H,26,27). The van der Waals surface area contributed by atoms with Crippen molar-refractivity contribution in [1.82, 2.24) is 5.32 Å². The van der Waals surface area contributed by atoms with Gasteiger partial charge in [0.05, 0.1) is 15.8 Å². The van der Waals surface area contributed by atoms with Gasteiger partial charge in [0.2, 0.25) is 0 Å². The van der Waals surface area contributed by atoms with E-state index in [9.17, 15) is 29.9 Å². The fourth-order valence-corrected chi connectivity index (χ4v) is 5.42. The molecule has 0 aromatic heterocycles. The molecule has 0 amide bonds. The van der Waals surface area contributed by atoms with Crippen molar-refractivity contribution in [3.8, 4) is 0 Å². The summed E-state index contributed by atoms with van der Waals surface area (Å²) in [6, 6.07) is 4.50. The number of nitro benzene ring substituents is 1. The van der Waals surface area contributed by atoms with Gasteiger partial charge in [-0.25, -0.2) is 0 Å². The van der Waals surface area contributed by atoms with E-state index in [1.807, 2.05) is 0 Å². The third-order valence-electron chi connectivity index (χ3n) is 6.84. The number of hydrogen-bond donors (Lipinski definition) is 3. The van der Waals surface area contributed by atoms with Gasteiger partial charge in [-0.15, -0.1) is 0 Å². The second-order valence-corrected chi connectivity index (χ2v) is 8.38. The van der Waals surface area contributed by atoms with E-state index < -0.39 is 51.6 Å². The lowest BCUT2D eigenvalue weighted by atomic mass is 9.48. The van der Waals surface area contributed by atoms with Crippen LogP contribution in [0.5, 0.6) is 0 Å². The van der Waals surface area contributed by atoms with Gasteiger partial charge in [0, 0.05) is 43.9 Å². The van der Waals surface area contributed by atoms with Crippen LogP contribution in [-0.4, -0.2) is 52.9 Å². The fraction of sp³-hybridized carbons (Fsp3) is 0.619. The molecule has 30 heavy (non-hydrogen) atoms. The van der Waals surface area contributed by atoms with E-state index in [1.165, 1.54) is 25.3 Å². The molecule has 9 heteroatoms. The quantitative estimate of drug-likeness (QED) is 0.429. The minimum Gasteiger partial charge on any atom is -0.481 e. The smallest absolute Gasteiger partial charge is 0.312 e. The number of nitrogens with zero attached hydrogens (tertiary/aromatic N) is 1. The molecule has 0 bridgehead atoms. The molecule has 1 aromatic rings. The molecular weight excluding hydrogens is 392 g/mol. The zero-order chi connectivity index (χ0) is 22.9. The van der Waals surface area contributed by atoms with Crippen molar-refractivity contribution < 1.29 is 29.5 Å². The van der Waals surface area contributed by atoms with Gasteiger partial charge in [-0.3, -0.25) is 19.7 Å². The molecule has 1 aliphatic heterocycles. The lowest BCUT2D eigenvalue weighted by Gasteiger charge is -2.59. The van der Waals surface area contributed by atoms with E-state index in [4.69, 9.17) is 4.74 Å². The summed E-state index contributed by atoms with van der Waals surface area (Å²) < 4.78 is 5.18. The minimum atomic E-state index is -1.56. The van der Waals surface area contributed by atoms with Crippen LogP contribution in [0.3, 0.4) is 0 Å². The first kappa shape index (κ1) is 23.8. The van der Waals surface area contributed by atoms with Crippen LogP contribution in [0.2, 0.25) is 0 Å². The molecule has 1 heterocycles. The number of carboxylic acids is 2. The molecule has 2 rings (SSSR count). The number of benzene rings is 1. The summed E-state index contributed by atoms with van der Waals surface area (Å²) in [5, 5.41) is 35.5. The van der Waals surface area contributed by atoms with Crippen LogP contribution in [-0.2, 0) is 14.3 Å². The van der Waals surface area contributed by atoms with Crippen LogP contribution in [0.15, 0.2) is 24.3 Å². The highest BCUT2D eigenvalue weighted by atomic mass is 16.6. The molecule has 5 atom stereocenters. The van der Waals surface area contributed by atoms with Gasteiger partial charge in [0.15, 0.2) is 0 Å². The van der Waals surface area contributed by atoms with Gasteiger partial charge in [-0.05, 0) is 31.7 Å². The molecule has 166 valence electrons. The Kier molecular flexibility index (Phi) is 6.88. The van der Waals surface area contributed by atoms with E-state index in [-0.39, 0.29) is 18.7 Å². The Balaban J connectivity index is 2.95. The number of ether oxygens (including phenoxy) is 1. The van der Waals surface area contributed by atoms with Gasteiger partial charge in [-0.2, -0.15) is 0 Å². The number of carboxylic acid groups (broad SMARTS) is 2. The first-order chi connectivity index (χ1) is 14.0. The molecule has 5 unspecified atom stereocenters. The van der Waals surface area contributed by atoms with Crippen LogP contribution in [0, 0.1) is 26.9 Å². The summed E-state index contributed by atoms with van der Waals surface area (Å²) in [5.41, 5.74) is -2.95. The first-order valence-electron chi connectivity index (χ1n) is 9.93. The summed E-state index contributed by atoms with van der Waals surface area (Å²) in [6.07, 6.45) is 0.0504. The molecule has 1 aliphatic rings.